The number of nitrogens with zero attached hydrogens (tertiary/aromatic N) is 5. The van der Waals surface area contributed by atoms with Crippen molar-refractivity contribution < 1.29 is 14.3 Å². The number of tetrazole rings is 1. The van der Waals surface area contributed by atoms with Crippen molar-refractivity contribution in [3.05, 3.63) is 66.0 Å². The number of rotatable bonds is 4. The summed E-state index contributed by atoms with van der Waals surface area (Å²) in [6.07, 6.45) is 1.39. The minimum atomic E-state index is -0.872. The van der Waals surface area contributed by atoms with Gasteiger partial charge in [0.1, 0.15) is 6.33 Å². The fourth-order valence-electron chi connectivity index (χ4n) is 3.10. The average Bonchev–Trinajstić information content (AvgIpc) is 3.37. The van der Waals surface area contributed by atoms with Crippen molar-refractivity contribution >= 4 is 17.6 Å². The molecule has 2 aromatic carbocycles. The summed E-state index contributed by atoms with van der Waals surface area (Å²) in [6, 6.07) is 14.4. The largest absolute Gasteiger partial charge is 0.449 e. The third kappa shape index (κ3) is 3.29. The van der Waals surface area contributed by atoms with Crippen LogP contribution in [0.1, 0.15) is 22.8 Å². The van der Waals surface area contributed by atoms with Gasteiger partial charge in [0, 0.05) is 12.2 Å². The van der Waals surface area contributed by atoms with Crippen molar-refractivity contribution in [1.82, 2.24) is 20.2 Å². The molecule has 1 aromatic heterocycles. The summed E-state index contributed by atoms with van der Waals surface area (Å²) in [5.41, 5.74) is 3.08. The molecule has 0 saturated carbocycles. The maximum absolute atomic E-state index is 12.7. The van der Waals surface area contributed by atoms with Gasteiger partial charge < -0.3 is 9.64 Å². The molecule has 1 amide bonds. The molecule has 0 saturated heterocycles. The number of fused-ring (bicyclic) bond motifs is 1. The van der Waals surface area contributed by atoms with E-state index >= 15 is 0 Å². The average molecular weight is 363 g/mol. The standard InChI is InChI=1S/C19H17N5O3/c1-13(18(25)23-11-10-14-4-2-3-5-17(14)23)27-19(26)15-6-8-16(9-7-15)24-12-20-21-22-24/h2-9,12-13H,10-11H2,1H3/t13-/m1/s1. The summed E-state index contributed by atoms with van der Waals surface area (Å²) >= 11 is 0. The Morgan fingerprint density at radius 1 is 1.11 bits per heavy atom. The third-order valence-electron chi connectivity index (χ3n) is 4.50. The van der Waals surface area contributed by atoms with Gasteiger partial charge in [0.05, 0.1) is 11.3 Å². The maximum atomic E-state index is 12.7. The van der Waals surface area contributed by atoms with Crippen LogP contribution in [0.25, 0.3) is 5.69 Å². The molecular formula is C19H17N5O3. The number of esters is 1. The van der Waals surface area contributed by atoms with Crippen LogP contribution < -0.4 is 4.90 Å². The number of benzene rings is 2. The van der Waals surface area contributed by atoms with Gasteiger partial charge in [-0.2, -0.15) is 0 Å². The van der Waals surface area contributed by atoms with E-state index in [1.165, 1.54) is 11.0 Å². The Morgan fingerprint density at radius 3 is 2.63 bits per heavy atom. The molecule has 0 unspecified atom stereocenters. The van der Waals surface area contributed by atoms with E-state index in [9.17, 15) is 9.59 Å². The molecular weight excluding hydrogens is 346 g/mol. The van der Waals surface area contributed by atoms with E-state index in [0.717, 1.165) is 17.7 Å². The lowest BCUT2D eigenvalue weighted by molar-refractivity contribution is -0.126. The number of hydrogen-bond donors (Lipinski definition) is 0. The van der Waals surface area contributed by atoms with Crippen LogP contribution in [0.4, 0.5) is 5.69 Å². The van der Waals surface area contributed by atoms with Gasteiger partial charge in [-0.15, -0.1) is 5.10 Å². The van der Waals surface area contributed by atoms with E-state index in [1.807, 2.05) is 24.3 Å². The minimum absolute atomic E-state index is 0.224. The van der Waals surface area contributed by atoms with Gasteiger partial charge in [-0.1, -0.05) is 18.2 Å². The Labute approximate surface area is 155 Å². The summed E-state index contributed by atoms with van der Waals surface area (Å²) < 4.78 is 6.86. The Morgan fingerprint density at radius 2 is 1.89 bits per heavy atom. The summed E-state index contributed by atoms with van der Waals surface area (Å²) in [6.45, 7) is 2.19. The molecule has 1 aliphatic heterocycles. The summed E-state index contributed by atoms with van der Waals surface area (Å²) in [4.78, 5) is 26.8. The van der Waals surface area contributed by atoms with Crippen molar-refractivity contribution in [2.24, 2.45) is 0 Å². The first kappa shape index (κ1) is 16.9. The van der Waals surface area contributed by atoms with E-state index < -0.39 is 12.1 Å². The second kappa shape index (κ2) is 6.99. The molecule has 2 heterocycles. The second-order valence-corrected chi connectivity index (χ2v) is 6.22. The quantitative estimate of drug-likeness (QED) is 0.657. The van der Waals surface area contributed by atoms with Crippen LogP contribution >= 0.6 is 0 Å². The number of para-hydroxylation sites is 1. The molecule has 3 aromatic rings. The smallest absolute Gasteiger partial charge is 0.338 e. The van der Waals surface area contributed by atoms with E-state index in [-0.39, 0.29) is 5.91 Å². The monoisotopic (exact) mass is 363 g/mol. The Bertz CT molecular complexity index is 969. The number of aromatic nitrogens is 4. The van der Waals surface area contributed by atoms with Crippen LogP contribution in [-0.4, -0.2) is 44.7 Å². The number of carbonyl (C=O) groups excluding carboxylic acids is 2. The fourth-order valence-corrected chi connectivity index (χ4v) is 3.10. The van der Waals surface area contributed by atoms with Crippen LogP contribution in [-0.2, 0) is 16.0 Å². The highest BCUT2D eigenvalue weighted by atomic mass is 16.5. The molecule has 0 bridgehead atoms. The van der Waals surface area contributed by atoms with Crippen molar-refractivity contribution in [3.8, 4) is 5.69 Å². The summed E-state index contributed by atoms with van der Waals surface area (Å²) in [5, 5.41) is 10.9. The van der Waals surface area contributed by atoms with Crippen LogP contribution in [0, 0.1) is 0 Å². The highest BCUT2D eigenvalue weighted by Crippen LogP contribution is 2.28. The normalized spacial score (nSPS) is 13.9. The van der Waals surface area contributed by atoms with Gasteiger partial charge in [-0.25, -0.2) is 9.48 Å². The zero-order chi connectivity index (χ0) is 18.8. The van der Waals surface area contributed by atoms with Crippen molar-refractivity contribution in [3.63, 3.8) is 0 Å². The molecule has 27 heavy (non-hydrogen) atoms. The zero-order valence-corrected chi connectivity index (χ0v) is 14.6. The number of ether oxygens (including phenoxy) is 1. The molecule has 0 N–H and O–H groups in total. The molecule has 1 atom stereocenters. The first-order valence-corrected chi connectivity index (χ1v) is 8.57. The van der Waals surface area contributed by atoms with Crippen LogP contribution in [0.3, 0.4) is 0 Å². The van der Waals surface area contributed by atoms with Crippen molar-refractivity contribution in [2.75, 3.05) is 11.4 Å². The molecule has 0 aliphatic carbocycles. The highest BCUT2D eigenvalue weighted by Gasteiger charge is 2.29. The Hall–Kier alpha value is -3.55. The van der Waals surface area contributed by atoms with E-state index in [2.05, 4.69) is 15.5 Å². The van der Waals surface area contributed by atoms with Gasteiger partial charge >= 0.3 is 5.97 Å². The summed E-state index contributed by atoms with van der Waals surface area (Å²) in [7, 11) is 0. The predicted molar refractivity (Wildman–Crippen MR) is 96.5 cm³/mol. The molecule has 4 rings (SSSR count). The first-order valence-electron chi connectivity index (χ1n) is 8.57. The van der Waals surface area contributed by atoms with Crippen LogP contribution in [0.5, 0.6) is 0 Å². The lowest BCUT2D eigenvalue weighted by Crippen LogP contribution is -2.39. The molecule has 8 heteroatoms. The second-order valence-electron chi connectivity index (χ2n) is 6.22. The minimum Gasteiger partial charge on any atom is -0.449 e. The van der Waals surface area contributed by atoms with Gasteiger partial charge in [-0.3, -0.25) is 4.79 Å². The SMILES string of the molecule is C[C@@H](OC(=O)c1ccc(-n2cnnn2)cc1)C(=O)N1CCc2ccccc21. The summed E-state index contributed by atoms with van der Waals surface area (Å²) in [5.74, 6) is -0.773. The fraction of sp³-hybridized carbons (Fsp3) is 0.211. The molecule has 1 aliphatic rings. The molecule has 0 radical (unpaired) electrons. The molecule has 136 valence electrons. The van der Waals surface area contributed by atoms with Crippen molar-refractivity contribution in [1.29, 1.82) is 0 Å². The number of hydrogen-bond acceptors (Lipinski definition) is 6. The lowest BCUT2D eigenvalue weighted by Gasteiger charge is -2.21. The highest BCUT2D eigenvalue weighted by molar-refractivity contribution is 6.00. The molecule has 0 fully saturated rings. The topological polar surface area (TPSA) is 90.2 Å². The Kier molecular flexibility index (Phi) is 4.37. The van der Waals surface area contributed by atoms with Gasteiger partial charge in [0.15, 0.2) is 6.10 Å². The lowest BCUT2D eigenvalue weighted by atomic mass is 10.2. The van der Waals surface area contributed by atoms with Gasteiger partial charge in [0.25, 0.3) is 5.91 Å². The third-order valence-corrected chi connectivity index (χ3v) is 4.50. The Balaban J connectivity index is 1.43. The zero-order valence-electron chi connectivity index (χ0n) is 14.6. The molecule has 0 spiro atoms. The van der Waals surface area contributed by atoms with Crippen molar-refractivity contribution in [2.45, 2.75) is 19.4 Å². The maximum Gasteiger partial charge on any atom is 0.338 e. The number of amides is 1. The van der Waals surface area contributed by atoms with E-state index in [0.29, 0.717) is 17.8 Å². The van der Waals surface area contributed by atoms with Gasteiger partial charge in [-0.05, 0) is 59.7 Å². The van der Waals surface area contributed by atoms with Crippen LogP contribution in [0.2, 0.25) is 0 Å². The molecule has 8 nitrogen and oxygen atoms in total. The van der Waals surface area contributed by atoms with Crippen LogP contribution in [0.15, 0.2) is 54.9 Å². The van der Waals surface area contributed by atoms with Gasteiger partial charge in [0.2, 0.25) is 0 Å². The predicted octanol–water partition coefficient (Wildman–Crippen LogP) is 1.80. The number of anilines is 1. The van der Waals surface area contributed by atoms with E-state index in [4.69, 9.17) is 4.74 Å². The first-order chi connectivity index (χ1) is 13.1. The van der Waals surface area contributed by atoms with E-state index in [1.54, 1.807) is 36.1 Å². The number of carbonyl (C=O) groups is 2.